The summed E-state index contributed by atoms with van der Waals surface area (Å²) in [5.41, 5.74) is 7.06. The van der Waals surface area contributed by atoms with Crippen molar-refractivity contribution in [1.82, 2.24) is 14.9 Å². The van der Waals surface area contributed by atoms with E-state index in [1.165, 1.54) is 6.33 Å². The van der Waals surface area contributed by atoms with Crippen molar-refractivity contribution in [3.05, 3.63) is 11.9 Å². The average Bonchev–Trinajstić information content (AvgIpc) is 2.40. The molecule has 0 saturated carbocycles. The minimum Gasteiger partial charge on any atom is -0.356 e. The number of urea groups is 1. The van der Waals surface area contributed by atoms with Crippen LogP contribution in [0.5, 0.6) is 0 Å². The molecule has 0 unspecified atom stereocenters. The lowest BCUT2D eigenvalue weighted by Gasteiger charge is -2.39. The van der Waals surface area contributed by atoms with E-state index in [2.05, 4.69) is 27.1 Å². The van der Waals surface area contributed by atoms with Crippen molar-refractivity contribution in [3.8, 4) is 0 Å². The zero-order chi connectivity index (χ0) is 14.3. The molecule has 1 aromatic heterocycles. The fraction of sp³-hybridized carbons (Fsp3) is 0.615. The minimum absolute atomic E-state index is 0.0887. The van der Waals surface area contributed by atoms with Gasteiger partial charge >= 0.3 is 6.03 Å². The lowest BCUT2D eigenvalue weighted by molar-refractivity contribution is 0.218. The highest BCUT2D eigenvalue weighted by molar-refractivity contribution is 5.91. The first-order valence-electron chi connectivity index (χ1n) is 6.86. The lowest BCUT2D eigenvalue weighted by atomic mass is 9.91. The van der Waals surface area contributed by atoms with Crippen LogP contribution in [-0.2, 0) is 6.54 Å². The fourth-order valence-corrected chi connectivity index (χ4v) is 2.66. The van der Waals surface area contributed by atoms with E-state index in [1.807, 2.05) is 0 Å². The van der Waals surface area contributed by atoms with Crippen LogP contribution in [-0.4, -0.2) is 46.6 Å². The van der Waals surface area contributed by atoms with Gasteiger partial charge in [0.25, 0.3) is 0 Å². The molecule has 0 aromatic carbocycles. The molecule has 0 aliphatic carbocycles. The zero-order valence-electron chi connectivity index (χ0n) is 11.9. The third-order valence-corrected chi connectivity index (χ3v) is 4.10. The molecule has 3 rings (SSSR count). The van der Waals surface area contributed by atoms with Crippen LogP contribution in [0.4, 0.5) is 16.4 Å². The number of nitrogens with two attached hydrogens (primary N) is 1. The normalized spacial score (nSPS) is 21.4. The Labute approximate surface area is 118 Å². The fourth-order valence-electron chi connectivity index (χ4n) is 2.66. The molecular weight excluding hydrogens is 256 g/mol. The van der Waals surface area contributed by atoms with Gasteiger partial charge in [0.2, 0.25) is 0 Å². The number of carbonyl (C=O) groups excluding carboxylic acids is 1. The first kappa shape index (κ1) is 13.1. The van der Waals surface area contributed by atoms with E-state index >= 15 is 0 Å². The molecule has 0 radical (unpaired) electrons. The van der Waals surface area contributed by atoms with Crippen LogP contribution in [0.3, 0.4) is 0 Å². The van der Waals surface area contributed by atoms with Gasteiger partial charge in [-0.25, -0.2) is 14.8 Å². The molecule has 0 atom stereocenters. The Morgan fingerprint density at radius 2 is 2.05 bits per heavy atom. The second-order valence-corrected chi connectivity index (χ2v) is 5.95. The van der Waals surface area contributed by atoms with Crippen LogP contribution in [0.15, 0.2) is 6.33 Å². The Morgan fingerprint density at radius 3 is 2.75 bits per heavy atom. The molecule has 7 heteroatoms. The average molecular weight is 276 g/mol. The predicted molar refractivity (Wildman–Crippen MR) is 76.6 cm³/mol. The number of hydrogen-bond donors (Lipinski definition) is 2. The van der Waals surface area contributed by atoms with E-state index in [4.69, 9.17) is 5.73 Å². The highest BCUT2D eigenvalue weighted by Crippen LogP contribution is 2.31. The van der Waals surface area contributed by atoms with Gasteiger partial charge in [-0.15, -0.1) is 0 Å². The third-order valence-electron chi connectivity index (χ3n) is 4.10. The molecule has 1 fully saturated rings. The molecule has 108 valence electrons. The first-order chi connectivity index (χ1) is 9.46. The van der Waals surface area contributed by atoms with Gasteiger partial charge in [0.1, 0.15) is 18.0 Å². The van der Waals surface area contributed by atoms with Crippen molar-refractivity contribution in [2.75, 3.05) is 30.4 Å². The van der Waals surface area contributed by atoms with E-state index in [-0.39, 0.29) is 11.6 Å². The summed E-state index contributed by atoms with van der Waals surface area (Å²) < 4.78 is 0. The van der Waals surface area contributed by atoms with E-state index in [0.717, 1.165) is 37.3 Å². The maximum atomic E-state index is 11.7. The molecule has 0 bridgehead atoms. The van der Waals surface area contributed by atoms with Gasteiger partial charge in [-0.2, -0.15) is 0 Å². The third kappa shape index (κ3) is 2.29. The molecule has 2 aliphatic rings. The summed E-state index contributed by atoms with van der Waals surface area (Å²) >= 11 is 0. The number of amides is 2. The van der Waals surface area contributed by atoms with Crippen molar-refractivity contribution in [2.24, 2.45) is 5.73 Å². The Hall–Kier alpha value is -1.89. The Morgan fingerprint density at radius 1 is 1.35 bits per heavy atom. The van der Waals surface area contributed by atoms with Gasteiger partial charge in [0.05, 0.1) is 12.1 Å². The number of nitrogens with zero attached hydrogens (tertiary/aromatic N) is 4. The second kappa shape index (κ2) is 4.59. The van der Waals surface area contributed by atoms with E-state index in [9.17, 15) is 4.79 Å². The van der Waals surface area contributed by atoms with Crippen LogP contribution in [0, 0.1) is 0 Å². The summed E-state index contributed by atoms with van der Waals surface area (Å²) in [6, 6.07) is -0.129. The number of nitrogens with one attached hydrogen (secondary N) is 1. The highest BCUT2D eigenvalue weighted by Gasteiger charge is 2.30. The van der Waals surface area contributed by atoms with Crippen LogP contribution in [0.25, 0.3) is 0 Å². The molecule has 1 aromatic rings. The summed E-state index contributed by atoms with van der Waals surface area (Å²) in [5, 5.41) is 2.79. The van der Waals surface area contributed by atoms with E-state index in [0.29, 0.717) is 12.4 Å². The Kier molecular flexibility index (Phi) is 3.01. The zero-order valence-corrected chi connectivity index (χ0v) is 11.9. The Bertz CT molecular complexity index is 534. The molecule has 2 aliphatic heterocycles. The number of fused-ring (bicyclic) bond motifs is 1. The standard InChI is InChI=1S/C13H20N6O/c1-13(14)3-5-19(6-4-13)11-9-7-18(2)12(20)17-10(9)15-8-16-11/h8H,3-7,14H2,1-2H3,(H,15,16,17,20). The largest absolute Gasteiger partial charge is 0.356 e. The van der Waals surface area contributed by atoms with Gasteiger partial charge in [-0.3, -0.25) is 5.32 Å². The number of aromatic nitrogens is 2. The summed E-state index contributed by atoms with van der Waals surface area (Å²) in [4.78, 5) is 24.1. The maximum Gasteiger partial charge on any atom is 0.323 e. The molecule has 2 amide bonds. The monoisotopic (exact) mass is 276 g/mol. The van der Waals surface area contributed by atoms with Gasteiger partial charge < -0.3 is 15.5 Å². The van der Waals surface area contributed by atoms with Gasteiger partial charge in [-0.05, 0) is 19.8 Å². The predicted octanol–water partition coefficient (Wildman–Crippen LogP) is 0.771. The van der Waals surface area contributed by atoms with Crippen LogP contribution in [0.2, 0.25) is 0 Å². The lowest BCUT2D eigenvalue weighted by Crippen LogP contribution is -2.49. The number of carbonyl (C=O) groups is 1. The maximum absolute atomic E-state index is 11.7. The second-order valence-electron chi connectivity index (χ2n) is 5.95. The van der Waals surface area contributed by atoms with Crippen molar-refractivity contribution in [2.45, 2.75) is 31.8 Å². The van der Waals surface area contributed by atoms with Crippen LogP contribution >= 0.6 is 0 Å². The van der Waals surface area contributed by atoms with Crippen molar-refractivity contribution in [1.29, 1.82) is 0 Å². The van der Waals surface area contributed by atoms with Crippen molar-refractivity contribution in [3.63, 3.8) is 0 Å². The molecule has 7 nitrogen and oxygen atoms in total. The first-order valence-corrected chi connectivity index (χ1v) is 6.86. The minimum atomic E-state index is -0.129. The molecule has 1 saturated heterocycles. The SMILES string of the molecule is CN1Cc2c(ncnc2N2CCC(C)(N)CC2)NC1=O. The molecular formula is C13H20N6O. The molecule has 20 heavy (non-hydrogen) atoms. The number of piperidine rings is 1. The smallest absolute Gasteiger partial charge is 0.323 e. The quantitative estimate of drug-likeness (QED) is 0.791. The van der Waals surface area contributed by atoms with Gasteiger partial charge in [0.15, 0.2) is 0 Å². The highest BCUT2D eigenvalue weighted by atomic mass is 16.2. The number of rotatable bonds is 1. The summed E-state index contributed by atoms with van der Waals surface area (Å²) in [5.74, 6) is 1.54. The topological polar surface area (TPSA) is 87.4 Å². The van der Waals surface area contributed by atoms with Gasteiger partial charge in [0, 0.05) is 25.7 Å². The number of hydrogen-bond acceptors (Lipinski definition) is 5. The molecule has 3 N–H and O–H groups in total. The van der Waals surface area contributed by atoms with Crippen molar-refractivity contribution >= 4 is 17.7 Å². The van der Waals surface area contributed by atoms with E-state index < -0.39 is 0 Å². The van der Waals surface area contributed by atoms with E-state index in [1.54, 1.807) is 11.9 Å². The van der Waals surface area contributed by atoms with Crippen LogP contribution < -0.4 is 16.0 Å². The molecule has 3 heterocycles. The summed E-state index contributed by atoms with van der Waals surface area (Å²) in [6.07, 6.45) is 3.39. The Balaban J connectivity index is 1.88. The molecule has 0 spiro atoms. The summed E-state index contributed by atoms with van der Waals surface area (Å²) in [7, 11) is 1.77. The summed E-state index contributed by atoms with van der Waals surface area (Å²) in [6.45, 7) is 4.39. The van der Waals surface area contributed by atoms with Gasteiger partial charge in [-0.1, -0.05) is 0 Å². The van der Waals surface area contributed by atoms with Crippen LogP contribution in [0.1, 0.15) is 25.3 Å². The number of anilines is 2. The van der Waals surface area contributed by atoms with Crippen molar-refractivity contribution < 1.29 is 4.79 Å².